The van der Waals surface area contributed by atoms with Gasteiger partial charge in [0.15, 0.2) is 5.83 Å². The predicted molar refractivity (Wildman–Crippen MR) is 99.1 cm³/mol. The van der Waals surface area contributed by atoms with E-state index in [-0.39, 0.29) is 0 Å². The third-order valence-corrected chi connectivity index (χ3v) is 6.58. The molecule has 0 amide bonds. The molecule has 0 radical (unpaired) electrons. The number of allylic oxidation sites excluding steroid dienone is 2. The van der Waals surface area contributed by atoms with Crippen LogP contribution in [0.2, 0.25) is 0 Å². The number of hydrogen-bond donors (Lipinski definition) is 0. The summed E-state index contributed by atoms with van der Waals surface area (Å²) in [6, 6.07) is 1.61. The molecule has 136 valence electrons. The van der Waals surface area contributed by atoms with Crippen LogP contribution in [0.25, 0.3) is 0 Å². The highest BCUT2D eigenvalue weighted by Crippen LogP contribution is 2.42. The summed E-state index contributed by atoms with van der Waals surface area (Å²) in [5.74, 6) is 2.50. The second-order valence-corrected chi connectivity index (χ2v) is 8.28. The van der Waals surface area contributed by atoms with Gasteiger partial charge in [0, 0.05) is 0 Å². The zero-order chi connectivity index (χ0) is 17.2. The Morgan fingerprint density at radius 2 is 1.50 bits per heavy atom. The molecule has 0 aromatic heterocycles. The number of halogens is 1. The Morgan fingerprint density at radius 3 is 2.08 bits per heavy atom. The molecule has 2 fully saturated rings. The van der Waals surface area contributed by atoms with Crippen molar-refractivity contribution in [1.29, 1.82) is 5.26 Å². The third kappa shape index (κ3) is 6.58. The van der Waals surface area contributed by atoms with E-state index in [1.54, 1.807) is 12.1 Å². The van der Waals surface area contributed by atoms with Crippen molar-refractivity contribution in [2.24, 2.45) is 23.7 Å². The van der Waals surface area contributed by atoms with E-state index in [1.165, 1.54) is 77.0 Å². The zero-order valence-corrected chi connectivity index (χ0v) is 15.6. The lowest BCUT2D eigenvalue weighted by molar-refractivity contribution is 0.151. The van der Waals surface area contributed by atoms with Gasteiger partial charge in [-0.25, -0.2) is 0 Å². The second-order valence-electron chi connectivity index (χ2n) is 8.28. The first-order valence-electron chi connectivity index (χ1n) is 10.5. The molecule has 0 saturated heterocycles. The van der Waals surface area contributed by atoms with E-state index in [1.807, 2.05) is 0 Å². The highest BCUT2D eigenvalue weighted by molar-refractivity contribution is 5.13. The summed E-state index contributed by atoms with van der Waals surface area (Å²) in [7, 11) is 0. The lowest BCUT2D eigenvalue weighted by atomic mass is 9.68. The van der Waals surface area contributed by atoms with Gasteiger partial charge in [0.25, 0.3) is 0 Å². The van der Waals surface area contributed by atoms with Crippen LogP contribution in [0.4, 0.5) is 4.39 Å². The molecule has 0 aromatic carbocycles. The average molecular weight is 334 g/mol. The van der Waals surface area contributed by atoms with Gasteiger partial charge in [0.1, 0.15) is 6.07 Å². The molecule has 0 atom stereocenters. The molecule has 1 nitrogen and oxygen atoms in total. The van der Waals surface area contributed by atoms with Crippen LogP contribution >= 0.6 is 0 Å². The maximum Gasteiger partial charge on any atom is 0.196 e. The molecule has 0 aliphatic heterocycles. The van der Waals surface area contributed by atoms with Gasteiger partial charge in [0.2, 0.25) is 0 Å². The second kappa shape index (κ2) is 10.9. The first-order valence-corrected chi connectivity index (χ1v) is 10.5. The minimum Gasteiger partial charge on any atom is -0.195 e. The fourth-order valence-corrected chi connectivity index (χ4v) is 5.01. The maximum atomic E-state index is 13.1. The number of rotatable bonds is 8. The monoisotopic (exact) mass is 333 g/mol. The normalized spacial score (nSPS) is 31.6. The molecule has 2 rings (SSSR count). The van der Waals surface area contributed by atoms with Gasteiger partial charge in [-0.05, 0) is 68.3 Å². The van der Waals surface area contributed by atoms with Crippen LogP contribution in [0.5, 0.6) is 0 Å². The standard InChI is InChI=1S/C22H36FN/c1-2-3-4-5-6-7-18-8-12-20(13-9-18)21-14-10-19(11-15-21)16-22(23)17-24/h16,18-21H,2-15H2,1H3/b22-16+/t18-,19?,20-,21?. The Balaban J connectivity index is 1.61. The molecule has 2 aliphatic carbocycles. The molecule has 0 N–H and O–H groups in total. The highest BCUT2D eigenvalue weighted by atomic mass is 19.1. The van der Waals surface area contributed by atoms with E-state index < -0.39 is 5.83 Å². The Kier molecular flexibility index (Phi) is 8.86. The first-order chi connectivity index (χ1) is 11.7. The summed E-state index contributed by atoms with van der Waals surface area (Å²) < 4.78 is 13.1. The summed E-state index contributed by atoms with van der Waals surface area (Å²) in [6.07, 6.45) is 20.5. The van der Waals surface area contributed by atoms with E-state index >= 15 is 0 Å². The van der Waals surface area contributed by atoms with E-state index in [9.17, 15) is 4.39 Å². The molecule has 0 unspecified atom stereocenters. The van der Waals surface area contributed by atoms with Crippen molar-refractivity contribution in [3.63, 3.8) is 0 Å². The van der Waals surface area contributed by atoms with Crippen LogP contribution in [0.15, 0.2) is 11.9 Å². The summed E-state index contributed by atoms with van der Waals surface area (Å²) in [5.41, 5.74) is 0. The molecule has 2 saturated carbocycles. The number of hydrogen-bond acceptors (Lipinski definition) is 1. The molecule has 2 heteroatoms. The van der Waals surface area contributed by atoms with Crippen molar-refractivity contribution in [3.05, 3.63) is 11.9 Å². The summed E-state index contributed by atoms with van der Waals surface area (Å²) >= 11 is 0. The van der Waals surface area contributed by atoms with Gasteiger partial charge in [-0.1, -0.05) is 58.3 Å². The molecule has 0 spiro atoms. The van der Waals surface area contributed by atoms with Gasteiger partial charge < -0.3 is 0 Å². The first kappa shape index (κ1) is 19.5. The average Bonchev–Trinajstić information content (AvgIpc) is 2.63. The largest absolute Gasteiger partial charge is 0.196 e. The minimum atomic E-state index is -0.585. The molecule has 24 heavy (non-hydrogen) atoms. The topological polar surface area (TPSA) is 23.8 Å². The van der Waals surface area contributed by atoms with Gasteiger partial charge in [0.05, 0.1) is 0 Å². The molecular weight excluding hydrogens is 297 g/mol. The van der Waals surface area contributed by atoms with E-state index in [2.05, 4.69) is 6.92 Å². The van der Waals surface area contributed by atoms with Crippen LogP contribution in [-0.2, 0) is 0 Å². The van der Waals surface area contributed by atoms with Crippen molar-refractivity contribution in [2.75, 3.05) is 0 Å². The number of nitrogens with zero attached hydrogens (tertiary/aromatic N) is 1. The Bertz CT molecular complexity index is 406. The Morgan fingerprint density at radius 1 is 0.917 bits per heavy atom. The van der Waals surface area contributed by atoms with Crippen molar-refractivity contribution in [3.8, 4) is 6.07 Å². The molecule has 0 heterocycles. The smallest absolute Gasteiger partial charge is 0.195 e. The lowest BCUT2D eigenvalue weighted by Gasteiger charge is -2.37. The van der Waals surface area contributed by atoms with Gasteiger partial charge in [-0.2, -0.15) is 9.65 Å². The van der Waals surface area contributed by atoms with Crippen molar-refractivity contribution < 1.29 is 4.39 Å². The quantitative estimate of drug-likeness (QED) is 0.337. The van der Waals surface area contributed by atoms with Crippen LogP contribution in [0.3, 0.4) is 0 Å². The fourth-order valence-electron chi connectivity index (χ4n) is 5.01. The SMILES string of the molecule is CCCCCCC[C@H]1CC[C@H](C2CCC(/C=C(/F)C#N)CC2)CC1. The maximum absolute atomic E-state index is 13.1. The lowest BCUT2D eigenvalue weighted by Crippen LogP contribution is -2.25. The number of unbranched alkanes of at least 4 members (excludes halogenated alkanes) is 4. The van der Waals surface area contributed by atoms with Crippen LogP contribution < -0.4 is 0 Å². The van der Waals surface area contributed by atoms with Gasteiger partial charge in [-0.15, -0.1) is 0 Å². The zero-order valence-electron chi connectivity index (χ0n) is 15.6. The molecular formula is C22H36FN. The summed E-state index contributed by atoms with van der Waals surface area (Å²) in [5, 5.41) is 8.56. The van der Waals surface area contributed by atoms with Gasteiger partial charge in [-0.3, -0.25) is 0 Å². The molecule has 0 aromatic rings. The molecule has 0 bridgehead atoms. The summed E-state index contributed by atoms with van der Waals surface area (Å²) in [6.45, 7) is 2.28. The van der Waals surface area contributed by atoms with Crippen LogP contribution in [0, 0.1) is 35.0 Å². The van der Waals surface area contributed by atoms with Crippen molar-refractivity contribution in [2.45, 2.75) is 96.8 Å². The highest BCUT2D eigenvalue weighted by Gasteiger charge is 2.30. The predicted octanol–water partition coefficient (Wildman–Crippen LogP) is 7.34. The van der Waals surface area contributed by atoms with Crippen LogP contribution in [-0.4, -0.2) is 0 Å². The Hall–Kier alpha value is -0.840. The van der Waals surface area contributed by atoms with Crippen molar-refractivity contribution in [1.82, 2.24) is 0 Å². The van der Waals surface area contributed by atoms with Crippen LogP contribution in [0.1, 0.15) is 96.8 Å². The van der Waals surface area contributed by atoms with Crippen molar-refractivity contribution >= 4 is 0 Å². The van der Waals surface area contributed by atoms with E-state index in [0.29, 0.717) is 5.92 Å². The van der Waals surface area contributed by atoms with E-state index in [0.717, 1.165) is 30.6 Å². The fraction of sp³-hybridized carbons (Fsp3) is 0.864. The summed E-state index contributed by atoms with van der Waals surface area (Å²) in [4.78, 5) is 0. The third-order valence-electron chi connectivity index (χ3n) is 6.58. The van der Waals surface area contributed by atoms with Gasteiger partial charge >= 0.3 is 0 Å². The molecule has 2 aliphatic rings. The minimum absolute atomic E-state index is 0.306. The van der Waals surface area contributed by atoms with E-state index in [4.69, 9.17) is 5.26 Å². The number of nitriles is 1. The Labute approximate surface area is 148 Å².